The second-order valence-corrected chi connectivity index (χ2v) is 12.9. The standard InChI is InChI=1S/C19H25FN4O4.C14H17FN4O2.C2HF3O2/c1-19(2,3)28-18(26)24-7-4-14(5-8-24)23-17(25)15-10-16(27-9-6-20)13(11-21)12-22-15;15-3-6-21-13-7-12(18-9-10(13)8-16)14(20)19-11-1-4-17-5-2-11;3-2(4,5)1(6)7/h10,12,14H,4-9H2,1-3H3,(H,23,25);7,9,11,17H,1-6H2,(H,19,20);(H,6,7). The number of alkyl halides is 5. The molecule has 2 saturated heterocycles. The molecule has 0 atom stereocenters. The Kier molecular flexibility index (Phi) is 18.6. The van der Waals surface area contributed by atoms with Gasteiger partial charge in [-0.15, -0.1) is 0 Å². The number of ether oxygens (including phenoxy) is 3. The molecule has 0 spiro atoms. The van der Waals surface area contributed by atoms with Crippen LogP contribution >= 0.6 is 0 Å². The van der Waals surface area contributed by atoms with E-state index >= 15 is 0 Å². The van der Waals surface area contributed by atoms with E-state index in [9.17, 15) is 36.3 Å². The van der Waals surface area contributed by atoms with E-state index in [0.717, 1.165) is 25.9 Å². The number of carbonyl (C=O) groups excluding carboxylic acids is 3. The van der Waals surface area contributed by atoms with Crippen molar-refractivity contribution in [2.45, 2.75) is 70.3 Å². The minimum atomic E-state index is -5.08. The number of amides is 3. The predicted octanol–water partition coefficient (Wildman–Crippen LogP) is 3.85. The van der Waals surface area contributed by atoms with E-state index in [1.807, 2.05) is 32.9 Å². The van der Waals surface area contributed by atoms with Gasteiger partial charge in [0, 0.05) is 49.7 Å². The minimum absolute atomic E-state index is 0.0856. The Balaban J connectivity index is 0.000000339. The highest BCUT2D eigenvalue weighted by Crippen LogP contribution is 2.21. The normalized spacial score (nSPS) is 14.6. The van der Waals surface area contributed by atoms with Crippen molar-refractivity contribution < 1.29 is 60.4 Å². The highest BCUT2D eigenvalue weighted by Gasteiger charge is 2.38. The number of likely N-dealkylation sites (tertiary alicyclic amines) is 1. The van der Waals surface area contributed by atoms with Crippen molar-refractivity contribution >= 4 is 23.9 Å². The molecule has 2 aromatic rings. The van der Waals surface area contributed by atoms with Crippen molar-refractivity contribution in [2.75, 3.05) is 52.7 Å². The number of nitriles is 2. The van der Waals surface area contributed by atoms with Gasteiger partial charge >= 0.3 is 18.2 Å². The Labute approximate surface area is 319 Å². The number of piperidine rings is 2. The van der Waals surface area contributed by atoms with Crippen molar-refractivity contribution in [3.8, 4) is 23.6 Å². The van der Waals surface area contributed by atoms with Crippen LogP contribution in [0, 0.1) is 22.7 Å². The first-order valence-corrected chi connectivity index (χ1v) is 17.2. The summed E-state index contributed by atoms with van der Waals surface area (Å²) in [5, 5.41) is 34.1. The van der Waals surface area contributed by atoms with Crippen LogP contribution in [0.4, 0.5) is 26.7 Å². The van der Waals surface area contributed by atoms with Gasteiger partial charge in [-0.3, -0.25) is 9.59 Å². The second kappa shape index (κ2) is 22.5. The molecule has 56 heavy (non-hydrogen) atoms. The summed E-state index contributed by atoms with van der Waals surface area (Å²) < 4.78 is 71.9. The van der Waals surface area contributed by atoms with E-state index in [2.05, 4.69) is 25.9 Å². The molecular formula is C35H43F5N8O8. The zero-order valence-electron chi connectivity index (χ0n) is 30.9. The van der Waals surface area contributed by atoms with Crippen LogP contribution in [-0.4, -0.2) is 120 Å². The van der Waals surface area contributed by atoms with Crippen LogP contribution in [0.1, 0.15) is 78.6 Å². The molecule has 2 fully saturated rings. The number of nitrogens with one attached hydrogen (secondary N) is 3. The molecule has 0 bridgehead atoms. The maximum absolute atomic E-state index is 12.5. The number of pyridine rings is 2. The summed E-state index contributed by atoms with van der Waals surface area (Å²) in [6.07, 6.45) is -0.0292. The van der Waals surface area contributed by atoms with E-state index in [1.165, 1.54) is 24.5 Å². The third kappa shape index (κ3) is 16.3. The van der Waals surface area contributed by atoms with Gasteiger partial charge in [0.1, 0.15) is 78.3 Å². The van der Waals surface area contributed by atoms with Gasteiger partial charge in [0.15, 0.2) is 0 Å². The molecule has 0 aromatic carbocycles. The fourth-order valence-corrected chi connectivity index (χ4v) is 4.84. The molecule has 4 heterocycles. The average molecular weight is 799 g/mol. The zero-order valence-corrected chi connectivity index (χ0v) is 30.9. The molecular weight excluding hydrogens is 755 g/mol. The minimum Gasteiger partial charge on any atom is -0.489 e. The van der Waals surface area contributed by atoms with Crippen LogP contribution in [-0.2, 0) is 9.53 Å². The van der Waals surface area contributed by atoms with E-state index in [0.29, 0.717) is 25.9 Å². The molecule has 0 aliphatic carbocycles. The molecule has 2 aliphatic heterocycles. The summed E-state index contributed by atoms with van der Waals surface area (Å²) in [6, 6.07) is 6.51. The summed E-state index contributed by atoms with van der Waals surface area (Å²) in [4.78, 5) is 55.1. The van der Waals surface area contributed by atoms with Gasteiger partial charge < -0.3 is 40.2 Å². The van der Waals surface area contributed by atoms with Gasteiger partial charge in [-0.05, 0) is 59.5 Å². The van der Waals surface area contributed by atoms with Gasteiger partial charge in [0.05, 0.1) is 0 Å². The number of hydrogen-bond donors (Lipinski definition) is 4. The molecule has 21 heteroatoms. The molecule has 0 saturated carbocycles. The summed E-state index contributed by atoms with van der Waals surface area (Å²) in [6.45, 7) is 6.41. The maximum atomic E-state index is 12.5. The lowest BCUT2D eigenvalue weighted by Gasteiger charge is -2.33. The van der Waals surface area contributed by atoms with Crippen LogP contribution < -0.4 is 25.4 Å². The Morgan fingerprint density at radius 2 is 1.25 bits per heavy atom. The average Bonchev–Trinajstić information content (AvgIpc) is 3.16. The first-order valence-electron chi connectivity index (χ1n) is 17.2. The van der Waals surface area contributed by atoms with Crippen molar-refractivity contribution in [2.24, 2.45) is 0 Å². The van der Waals surface area contributed by atoms with Crippen LogP contribution in [0.15, 0.2) is 24.5 Å². The quantitative estimate of drug-likeness (QED) is 0.251. The zero-order chi connectivity index (χ0) is 41.9. The number of hydrogen-bond acceptors (Lipinski definition) is 12. The van der Waals surface area contributed by atoms with Crippen LogP contribution in [0.2, 0.25) is 0 Å². The highest BCUT2D eigenvalue weighted by atomic mass is 19.4. The number of halogens is 5. The summed E-state index contributed by atoms with van der Waals surface area (Å²) >= 11 is 0. The largest absolute Gasteiger partial charge is 0.490 e. The number of rotatable bonds is 10. The van der Waals surface area contributed by atoms with Gasteiger partial charge in [0.25, 0.3) is 11.8 Å². The molecule has 4 rings (SSSR count). The Morgan fingerprint density at radius 3 is 1.61 bits per heavy atom. The third-order valence-electron chi connectivity index (χ3n) is 7.51. The molecule has 16 nitrogen and oxygen atoms in total. The number of nitrogens with zero attached hydrogens (tertiary/aromatic N) is 5. The summed E-state index contributed by atoms with van der Waals surface area (Å²) in [5.41, 5.74) is 0.0204. The summed E-state index contributed by atoms with van der Waals surface area (Å²) in [7, 11) is 0. The Bertz CT molecular complexity index is 1720. The fraction of sp³-hybridized carbons (Fsp3) is 0.543. The van der Waals surface area contributed by atoms with Crippen LogP contribution in [0.5, 0.6) is 11.5 Å². The Morgan fingerprint density at radius 1 is 0.839 bits per heavy atom. The van der Waals surface area contributed by atoms with Crippen LogP contribution in [0.3, 0.4) is 0 Å². The first-order chi connectivity index (χ1) is 26.4. The van der Waals surface area contributed by atoms with E-state index in [-0.39, 0.29) is 71.3 Å². The monoisotopic (exact) mass is 798 g/mol. The van der Waals surface area contributed by atoms with Gasteiger partial charge in [-0.1, -0.05) is 0 Å². The van der Waals surface area contributed by atoms with Crippen molar-refractivity contribution in [3.63, 3.8) is 0 Å². The van der Waals surface area contributed by atoms with Gasteiger partial charge in [-0.25, -0.2) is 28.3 Å². The molecule has 306 valence electrons. The van der Waals surface area contributed by atoms with Gasteiger partial charge in [0.2, 0.25) is 0 Å². The number of carbonyl (C=O) groups is 4. The van der Waals surface area contributed by atoms with Crippen molar-refractivity contribution in [1.29, 1.82) is 10.5 Å². The smallest absolute Gasteiger partial charge is 0.489 e. The number of carboxylic acids is 1. The maximum Gasteiger partial charge on any atom is 0.490 e. The number of aliphatic carboxylic acids is 1. The lowest BCUT2D eigenvalue weighted by atomic mass is 10.1. The van der Waals surface area contributed by atoms with E-state index in [1.54, 1.807) is 4.90 Å². The lowest BCUT2D eigenvalue weighted by Crippen LogP contribution is -2.47. The number of carboxylic acid groups (broad SMARTS) is 1. The number of aromatic nitrogens is 2. The van der Waals surface area contributed by atoms with Crippen molar-refractivity contribution in [3.05, 3.63) is 47.0 Å². The van der Waals surface area contributed by atoms with E-state index < -0.39 is 37.0 Å². The summed E-state index contributed by atoms with van der Waals surface area (Å²) in [5.74, 6) is -3.17. The third-order valence-corrected chi connectivity index (χ3v) is 7.51. The van der Waals surface area contributed by atoms with Gasteiger partial charge in [-0.2, -0.15) is 23.7 Å². The molecule has 0 radical (unpaired) electrons. The topological polar surface area (TPSA) is 229 Å². The van der Waals surface area contributed by atoms with E-state index in [4.69, 9.17) is 34.6 Å². The first kappa shape index (κ1) is 46.3. The molecule has 3 amide bonds. The predicted molar refractivity (Wildman–Crippen MR) is 186 cm³/mol. The molecule has 2 aromatic heterocycles. The molecule has 4 N–H and O–H groups in total. The molecule has 2 aliphatic rings. The lowest BCUT2D eigenvalue weighted by molar-refractivity contribution is -0.192. The Hall–Kier alpha value is -5.83. The van der Waals surface area contributed by atoms with Crippen LogP contribution in [0.25, 0.3) is 0 Å². The second-order valence-electron chi connectivity index (χ2n) is 12.9. The van der Waals surface area contributed by atoms with Crippen molar-refractivity contribution in [1.82, 2.24) is 30.8 Å². The highest BCUT2D eigenvalue weighted by molar-refractivity contribution is 5.93. The fourth-order valence-electron chi connectivity index (χ4n) is 4.84. The molecule has 0 unspecified atom stereocenters. The SMILES string of the molecule is CC(C)(C)OC(=O)N1CCC(NC(=O)c2cc(OCCF)c(C#N)cn2)CC1.N#Cc1cnc(C(=O)NC2CCNCC2)cc1OCCF.O=C(O)C(F)(F)F.